The van der Waals surface area contributed by atoms with Gasteiger partial charge in [-0.3, -0.25) is 0 Å². The van der Waals surface area contributed by atoms with Gasteiger partial charge in [-0.1, -0.05) is 23.7 Å². The summed E-state index contributed by atoms with van der Waals surface area (Å²) in [6.45, 7) is 0.351. The highest BCUT2D eigenvalue weighted by molar-refractivity contribution is 6.31. The number of benzene rings is 2. The Kier molecular flexibility index (Phi) is 5.39. The summed E-state index contributed by atoms with van der Waals surface area (Å²) >= 11 is 5.90. The van der Waals surface area contributed by atoms with Gasteiger partial charge in [0.25, 0.3) is 6.01 Å². The summed E-state index contributed by atoms with van der Waals surface area (Å²) < 4.78 is 11.0. The lowest BCUT2D eigenvalue weighted by atomic mass is 10.2. The van der Waals surface area contributed by atoms with Crippen molar-refractivity contribution in [3.8, 4) is 11.8 Å². The zero-order chi connectivity index (χ0) is 17.6. The smallest absolute Gasteiger partial charge is 0.295 e. The minimum absolute atomic E-state index is 0.122. The predicted molar refractivity (Wildman–Crippen MR) is 94.8 cm³/mol. The number of nitrogens with one attached hydrogen (secondary N) is 1. The maximum Gasteiger partial charge on any atom is 0.295 e. The Morgan fingerprint density at radius 3 is 2.84 bits per heavy atom. The molecule has 3 rings (SSSR count). The second-order valence-corrected chi connectivity index (χ2v) is 5.89. The fourth-order valence-electron chi connectivity index (χ4n) is 2.23. The van der Waals surface area contributed by atoms with Crippen molar-refractivity contribution in [2.24, 2.45) is 0 Å². The average molecular weight is 358 g/mol. The summed E-state index contributed by atoms with van der Waals surface area (Å²) in [5.41, 5.74) is 2.20. The third-order valence-corrected chi connectivity index (χ3v) is 3.72. The highest BCUT2D eigenvalue weighted by atomic mass is 35.5. The average Bonchev–Trinajstić information content (AvgIpc) is 3.01. The van der Waals surface area contributed by atoms with E-state index >= 15 is 0 Å². The molecule has 2 N–H and O–H groups in total. The lowest BCUT2D eigenvalue weighted by Crippen LogP contribution is -2.26. The van der Waals surface area contributed by atoms with Crippen molar-refractivity contribution in [2.75, 3.05) is 18.5 Å². The van der Waals surface area contributed by atoms with E-state index in [9.17, 15) is 5.11 Å². The van der Waals surface area contributed by atoms with E-state index in [1.165, 1.54) is 0 Å². The highest BCUT2D eigenvalue weighted by Gasteiger charge is 2.10. The van der Waals surface area contributed by atoms with Crippen molar-refractivity contribution in [1.82, 2.24) is 4.98 Å². The molecular formula is C18H16ClN3O3. The van der Waals surface area contributed by atoms with Crippen molar-refractivity contribution in [1.29, 1.82) is 5.26 Å². The maximum absolute atomic E-state index is 10.0. The largest absolute Gasteiger partial charge is 0.491 e. The molecule has 1 atom stereocenters. The van der Waals surface area contributed by atoms with E-state index in [0.29, 0.717) is 34.3 Å². The molecule has 0 amide bonds. The van der Waals surface area contributed by atoms with Crippen LogP contribution in [0, 0.1) is 11.3 Å². The summed E-state index contributed by atoms with van der Waals surface area (Å²) in [5, 5.41) is 22.1. The Balaban J connectivity index is 1.48. The minimum Gasteiger partial charge on any atom is -0.491 e. The van der Waals surface area contributed by atoms with E-state index in [1.807, 2.05) is 12.1 Å². The van der Waals surface area contributed by atoms with E-state index in [2.05, 4.69) is 16.4 Å². The van der Waals surface area contributed by atoms with Gasteiger partial charge in [-0.25, -0.2) is 0 Å². The molecule has 0 radical (unpaired) electrons. The van der Waals surface area contributed by atoms with Crippen LogP contribution < -0.4 is 10.1 Å². The number of aliphatic hydroxyl groups excluding tert-OH is 1. The Morgan fingerprint density at radius 1 is 1.28 bits per heavy atom. The summed E-state index contributed by atoms with van der Waals surface area (Å²) in [4.78, 5) is 4.26. The molecule has 0 spiro atoms. The molecule has 1 aromatic heterocycles. The Morgan fingerprint density at radius 2 is 2.08 bits per heavy atom. The number of anilines is 1. The number of rotatable bonds is 7. The fraction of sp³-hybridized carbons (Fsp3) is 0.222. The molecule has 25 heavy (non-hydrogen) atoms. The molecule has 0 aliphatic heterocycles. The molecule has 2 aromatic carbocycles. The molecule has 0 fully saturated rings. The van der Waals surface area contributed by atoms with Crippen LogP contribution in [-0.2, 0) is 6.42 Å². The highest BCUT2D eigenvalue weighted by Crippen LogP contribution is 2.22. The van der Waals surface area contributed by atoms with Crippen molar-refractivity contribution in [3.05, 3.63) is 53.1 Å². The topological polar surface area (TPSA) is 91.3 Å². The maximum atomic E-state index is 10.0. The third-order valence-electron chi connectivity index (χ3n) is 3.49. The first-order valence-electron chi connectivity index (χ1n) is 7.71. The van der Waals surface area contributed by atoms with Gasteiger partial charge in [0, 0.05) is 17.6 Å². The molecule has 0 saturated carbocycles. The molecule has 0 bridgehead atoms. The molecule has 0 aliphatic rings. The van der Waals surface area contributed by atoms with Crippen LogP contribution in [0.2, 0.25) is 5.02 Å². The number of aromatic nitrogens is 1. The first-order chi connectivity index (χ1) is 12.1. The summed E-state index contributed by atoms with van der Waals surface area (Å²) in [5.74, 6) is 0.636. The zero-order valence-electron chi connectivity index (χ0n) is 13.3. The number of oxazole rings is 1. The van der Waals surface area contributed by atoms with Crippen LogP contribution in [0.5, 0.6) is 5.75 Å². The van der Waals surface area contributed by atoms with Crippen molar-refractivity contribution in [3.63, 3.8) is 0 Å². The van der Waals surface area contributed by atoms with Crippen LogP contribution in [0.15, 0.2) is 46.9 Å². The number of aliphatic hydroxyl groups is 1. The fourth-order valence-corrected chi connectivity index (χ4v) is 2.39. The number of fused-ring (bicyclic) bond motifs is 1. The van der Waals surface area contributed by atoms with E-state index < -0.39 is 6.10 Å². The molecule has 0 saturated heterocycles. The van der Waals surface area contributed by atoms with Crippen molar-refractivity contribution < 1.29 is 14.3 Å². The number of halogens is 1. The quantitative estimate of drug-likeness (QED) is 0.673. The zero-order valence-corrected chi connectivity index (χ0v) is 14.0. The van der Waals surface area contributed by atoms with Gasteiger partial charge < -0.3 is 19.6 Å². The molecule has 7 heteroatoms. The summed E-state index contributed by atoms with van der Waals surface area (Å²) in [6.07, 6.45) is -0.375. The SMILES string of the molecule is N#CCc1ccc(OCC(O)CNc2nc3ccc(Cl)cc3o2)cc1. The predicted octanol–water partition coefficient (Wildman–Crippen LogP) is 3.40. The van der Waals surface area contributed by atoms with Crippen LogP contribution in [0.1, 0.15) is 5.56 Å². The van der Waals surface area contributed by atoms with Gasteiger partial charge in [0.15, 0.2) is 5.58 Å². The van der Waals surface area contributed by atoms with Gasteiger partial charge in [0.05, 0.1) is 12.5 Å². The normalized spacial score (nSPS) is 11.9. The monoisotopic (exact) mass is 357 g/mol. The molecule has 1 unspecified atom stereocenters. The van der Waals surface area contributed by atoms with Crippen LogP contribution >= 0.6 is 11.6 Å². The standard InChI is InChI=1S/C18H16ClN3O3/c19-13-3-6-16-17(9-13)25-18(22-16)21-10-14(23)11-24-15-4-1-12(2-5-15)7-8-20/h1-6,9,14,23H,7,10-11H2,(H,21,22). The molecule has 128 valence electrons. The number of hydrogen-bond acceptors (Lipinski definition) is 6. The lowest BCUT2D eigenvalue weighted by molar-refractivity contribution is 0.117. The molecular weight excluding hydrogens is 342 g/mol. The molecule has 6 nitrogen and oxygen atoms in total. The minimum atomic E-state index is -0.739. The van der Waals surface area contributed by atoms with Crippen molar-refractivity contribution in [2.45, 2.75) is 12.5 Å². The Bertz CT molecular complexity index is 887. The first-order valence-corrected chi connectivity index (χ1v) is 8.08. The summed E-state index contributed by atoms with van der Waals surface area (Å²) in [7, 11) is 0. The van der Waals surface area contributed by atoms with E-state index in [4.69, 9.17) is 26.0 Å². The number of ether oxygens (including phenoxy) is 1. The number of nitriles is 1. The van der Waals surface area contributed by atoms with Crippen molar-refractivity contribution >= 4 is 28.7 Å². The van der Waals surface area contributed by atoms with E-state index in [0.717, 1.165) is 5.56 Å². The van der Waals surface area contributed by atoms with Gasteiger partial charge in [0.2, 0.25) is 0 Å². The molecule has 1 heterocycles. The Labute approximate surface area is 149 Å². The van der Waals surface area contributed by atoms with Gasteiger partial charge in [-0.15, -0.1) is 0 Å². The van der Waals surface area contributed by atoms with Gasteiger partial charge in [-0.05, 0) is 29.8 Å². The van der Waals surface area contributed by atoms with Gasteiger partial charge in [0.1, 0.15) is 24.0 Å². The second-order valence-electron chi connectivity index (χ2n) is 5.46. The van der Waals surface area contributed by atoms with Crippen LogP contribution in [0.25, 0.3) is 11.1 Å². The summed E-state index contributed by atoms with van der Waals surface area (Å²) in [6, 6.07) is 14.8. The van der Waals surface area contributed by atoms with E-state index in [-0.39, 0.29) is 13.2 Å². The van der Waals surface area contributed by atoms with Gasteiger partial charge >= 0.3 is 0 Å². The van der Waals surface area contributed by atoms with Crippen LogP contribution in [0.4, 0.5) is 6.01 Å². The van der Waals surface area contributed by atoms with E-state index in [1.54, 1.807) is 30.3 Å². The molecule has 3 aromatic rings. The first kappa shape index (κ1) is 17.1. The molecule has 0 aliphatic carbocycles. The van der Waals surface area contributed by atoms with Gasteiger partial charge in [-0.2, -0.15) is 10.2 Å². The van der Waals surface area contributed by atoms with Crippen LogP contribution in [0.3, 0.4) is 0 Å². The van der Waals surface area contributed by atoms with Crippen LogP contribution in [-0.4, -0.2) is 29.3 Å². The Hall–Kier alpha value is -2.75. The lowest BCUT2D eigenvalue weighted by Gasteiger charge is -2.12. The number of nitrogens with zero attached hydrogens (tertiary/aromatic N) is 2. The second kappa shape index (κ2) is 7.88. The number of hydrogen-bond donors (Lipinski definition) is 2. The third kappa shape index (κ3) is 4.63.